The van der Waals surface area contributed by atoms with Gasteiger partial charge in [0.2, 0.25) is 0 Å². The Balaban J connectivity index is 1.59. The van der Waals surface area contributed by atoms with Crippen LogP contribution in [0.15, 0.2) is 18.6 Å². The van der Waals surface area contributed by atoms with Gasteiger partial charge in [0.25, 0.3) is 0 Å². The van der Waals surface area contributed by atoms with Gasteiger partial charge in [-0.15, -0.1) is 0 Å². The fourth-order valence-corrected chi connectivity index (χ4v) is 3.39. The molecule has 5 heteroatoms. The Morgan fingerprint density at radius 3 is 2.89 bits per heavy atom. The zero-order valence-electron chi connectivity index (χ0n) is 10.9. The Morgan fingerprint density at radius 1 is 1.21 bits per heavy atom. The van der Waals surface area contributed by atoms with Crippen molar-refractivity contribution in [3.63, 3.8) is 0 Å². The minimum Gasteiger partial charge on any atom is -0.375 e. The SMILES string of the molecule is c1nc(N2CCC3(CCCO3)CC2)c2cc[nH]c2n1. The van der Waals surface area contributed by atoms with Gasteiger partial charge in [0.15, 0.2) is 0 Å². The first-order valence-electron chi connectivity index (χ1n) is 7.03. The van der Waals surface area contributed by atoms with Gasteiger partial charge < -0.3 is 14.6 Å². The molecule has 0 aliphatic carbocycles. The average molecular weight is 258 g/mol. The topological polar surface area (TPSA) is 54.0 Å². The van der Waals surface area contributed by atoms with Gasteiger partial charge in [-0.3, -0.25) is 0 Å². The Morgan fingerprint density at radius 2 is 2.11 bits per heavy atom. The van der Waals surface area contributed by atoms with Gasteiger partial charge in [0.05, 0.1) is 11.0 Å². The van der Waals surface area contributed by atoms with Gasteiger partial charge in [0, 0.05) is 25.9 Å². The maximum absolute atomic E-state index is 5.97. The van der Waals surface area contributed by atoms with Crippen LogP contribution in [0.4, 0.5) is 5.82 Å². The number of fused-ring (bicyclic) bond motifs is 1. The van der Waals surface area contributed by atoms with Crippen molar-refractivity contribution in [2.45, 2.75) is 31.3 Å². The summed E-state index contributed by atoms with van der Waals surface area (Å²) < 4.78 is 5.97. The number of piperidine rings is 1. The van der Waals surface area contributed by atoms with Crippen LogP contribution in [-0.2, 0) is 4.74 Å². The van der Waals surface area contributed by atoms with Crippen LogP contribution in [0.2, 0.25) is 0 Å². The van der Waals surface area contributed by atoms with E-state index in [9.17, 15) is 0 Å². The number of hydrogen-bond acceptors (Lipinski definition) is 4. The van der Waals surface area contributed by atoms with E-state index in [1.165, 1.54) is 12.8 Å². The van der Waals surface area contributed by atoms with Gasteiger partial charge in [-0.2, -0.15) is 0 Å². The van der Waals surface area contributed by atoms with Crippen molar-refractivity contribution in [2.75, 3.05) is 24.6 Å². The second-order valence-electron chi connectivity index (χ2n) is 5.56. The van der Waals surface area contributed by atoms with Crippen molar-refractivity contribution < 1.29 is 4.74 Å². The van der Waals surface area contributed by atoms with E-state index in [1.807, 2.05) is 6.20 Å². The third-order valence-corrected chi connectivity index (χ3v) is 4.49. The third-order valence-electron chi connectivity index (χ3n) is 4.49. The van der Waals surface area contributed by atoms with Gasteiger partial charge in [0.1, 0.15) is 17.8 Å². The molecule has 4 rings (SSSR count). The largest absolute Gasteiger partial charge is 0.375 e. The molecule has 0 atom stereocenters. The van der Waals surface area contributed by atoms with Crippen molar-refractivity contribution in [1.29, 1.82) is 0 Å². The second-order valence-corrected chi connectivity index (χ2v) is 5.56. The molecule has 2 aliphatic heterocycles. The van der Waals surface area contributed by atoms with E-state index in [0.29, 0.717) is 0 Å². The molecule has 2 aromatic heterocycles. The van der Waals surface area contributed by atoms with Crippen LogP contribution in [-0.4, -0.2) is 40.2 Å². The van der Waals surface area contributed by atoms with Gasteiger partial charge in [-0.25, -0.2) is 9.97 Å². The fraction of sp³-hybridized carbons (Fsp3) is 0.571. The lowest BCUT2D eigenvalue weighted by Crippen LogP contribution is -2.44. The minimum absolute atomic E-state index is 0.167. The van der Waals surface area contributed by atoms with Crippen molar-refractivity contribution >= 4 is 16.9 Å². The summed E-state index contributed by atoms with van der Waals surface area (Å²) in [6.45, 7) is 2.99. The highest BCUT2D eigenvalue weighted by molar-refractivity contribution is 5.87. The van der Waals surface area contributed by atoms with Crippen LogP contribution in [0, 0.1) is 0 Å². The molecule has 0 aromatic carbocycles. The standard InChI is InChI=1S/C14H18N4O/c1-3-14(19-9-1)4-7-18(8-5-14)13-11-2-6-15-12(11)16-10-17-13/h2,6,10H,1,3-5,7-9H2,(H,15,16,17). The summed E-state index contributed by atoms with van der Waals surface area (Å²) in [5.74, 6) is 1.05. The molecule has 0 bridgehead atoms. The molecule has 0 saturated carbocycles. The summed E-state index contributed by atoms with van der Waals surface area (Å²) in [4.78, 5) is 14.2. The number of nitrogens with one attached hydrogen (secondary N) is 1. The van der Waals surface area contributed by atoms with Crippen LogP contribution < -0.4 is 4.90 Å². The molecule has 0 unspecified atom stereocenters. The number of anilines is 1. The number of ether oxygens (including phenoxy) is 1. The zero-order chi connectivity index (χ0) is 12.7. The van der Waals surface area contributed by atoms with Crippen molar-refractivity contribution in [3.8, 4) is 0 Å². The normalized spacial score (nSPS) is 22.4. The highest BCUT2D eigenvalue weighted by atomic mass is 16.5. The van der Waals surface area contributed by atoms with E-state index >= 15 is 0 Å². The van der Waals surface area contributed by atoms with Crippen LogP contribution in [0.3, 0.4) is 0 Å². The molecule has 2 saturated heterocycles. The van der Waals surface area contributed by atoms with E-state index in [1.54, 1.807) is 6.33 Å². The molecule has 2 fully saturated rings. The molecule has 1 N–H and O–H groups in total. The molecule has 0 amide bonds. The van der Waals surface area contributed by atoms with Crippen LogP contribution in [0.1, 0.15) is 25.7 Å². The average Bonchev–Trinajstić information content (AvgIpc) is 3.09. The summed E-state index contributed by atoms with van der Waals surface area (Å²) in [6, 6.07) is 2.06. The molecular weight excluding hydrogens is 240 g/mol. The predicted molar refractivity (Wildman–Crippen MR) is 73.3 cm³/mol. The minimum atomic E-state index is 0.167. The fourth-order valence-electron chi connectivity index (χ4n) is 3.39. The van der Waals surface area contributed by atoms with E-state index in [2.05, 4.69) is 25.9 Å². The first-order chi connectivity index (χ1) is 9.36. The lowest BCUT2D eigenvalue weighted by atomic mass is 9.88. The lowest BCUT2D eigenvalue weighted by Gasteiger charge is -2.39. The molecule has 1 spiro atoms. The van der Waals surface area contributed by atoms with Crippen LogP contribution in [0.5, 0.6) is 0 Å². The Labute approximate surface area is 112 Å². The number of hydrogen-bond donors (Lipinski definition) is 1. The van der Waals surface area contributed by atoms with E-state index in [-0.39, 0.29) is 5.60 Å². The monoisotopic (exact) mass is 258 g/mol. The number of aromatic amines is 1. The maximum atomic E-state index is 5.97. The number of H-pyrrole nitrogens is 1. The number of rotatable bonds is 1. The summed E-state index contributed by atoms with van der Waals surface area (Å²) in [7, 11) is 0. The van der Waals surface area contributed by atoms with Gasteiger partial charge in [-0.05, 0) is 31.7 Å². The molecule has 2 aromatic rings. The quantitative estimate of drug-likeness (QED) is 0.851. The maximum Gasteiger partial charge on any atom is 0.142 e. The highest BCUT2D eigenvalue weighted by Gasteiger charge is 2.38. The van der Waals surface area contributed by atoms with Crippen molar-refractivity contribution in [1.82, 2.24) is 15.0 Å². The second kappa shape index (κ2) is 4.20. The number of nitrogens with zero attached hydrogens (tertiary/aromatic N) is 3. The molecule has 4 heterocycles. The predicted octanol–water partition coefficient (Wildman–Crippen LogP) is 2.11. The Hall–Kier alpha value is -1.62. The van der Waals surface area contributed by atoms with Crippen LogP contribution in [0.25, 0.3) is 11.0 Å². The first kappa shape index (κ1) is 11.2. The van der Waals surface area contributed by atoms with Crippen LogP contribution >= 0.6 is 0 Å². The highest BCUT2D eigenvalue weighted by Crippen LogP contribution is 2.37. The molecule has 100 valence electrons. The Bertz CT molecular complexity index is 578. The third kappa shape index (κ3) is 1.80. The van der Waals surface area contributed by atoms with Gasteiger partial charge in [-0.1, -0.05) is 0 Å². The first-order valence-corrected chi connectivity index (χ1v) is 7.03. The Kier molecular flexibility index (Phi) is 2.48. The molecule has 2 aliphatic rings. The molecule has 19 heavy (non-hydrogen) atoms. The van der Waals surface area contributed by atoms with Gasteiger partial charge >= 0.3 is 0 Å². The zero-order valence-corrected chi connectivity index (χ0v) is 10.9. The summed E-state index contributed by atoms with van der Waals surface area (Å²) in [5.41, 5.74) is 1.09. The van der Waals surface area contributed by atoms with Crippen molar-refractivity contribution in [2.24, 2.45) is 0 Å². The summed E-state index contributed by atoms with van der Waals surface area (Å²) >= 11 is 0. The smallest absolute Gasteiger partial charge is 0.142 e. The van der Waals surface area contributed by atoms with Crippen molar-refractivity contribution in [3.05, 3.63) is 18.6 Å². The molecule has 0 radical (unpaired) electrons. The summed E-state index contributed by atoms with van der Waals surface area (Å²) in [5, 5.41) is 1.12. The van der Waals surface area contributed by atoms with E-state index in [4.69, 9.17) is 4.74 Å². The number of aromatic nitrogens is 3. The lowest BCUT2D eigenvalue weighted by molar-refractivity contribution is -0.0146. The molecular formula is C14H18N4O. The van der Waals surface area contributed by atoms with E-state index < -0.39 is 0 Å². The summed E-state index contributed by atoms with van der Waals surface area (Å²) in [6.07, 6.45) is 8.24. The van der Waals surface area contributed by atoms with E-state index in [0.717, 1.165) is 49.4 Å². The molecule has 5 nitrogen and oxygen atoms in total.